The molecule has 40 heavy (non-hydrogen) atoms. The number of aliphatic carboxylic acids is 1. The molecule has 17 heteroatoms. The van der Waals surface area contributed by atoms with Gasteiger partial charge in [-0.25, -0.2) is 14.1 Å². The zero-order chi connectivity index (χ0) is 29.9. The Kier molecular flexibility index (Phi) is 9.41. The standard InChI is InChI=1S/C23H33N5O10S2/c1-5-36-20(33)23(9-7-6-8-10-23)12-37-40(34,35)28-13(2)15(18(28)30)26-17(29)16(14-11-39-21(24)25-14)27-38-22(3,4)19(31)32/h11,13,15H,5-10,12H2,1-4H3,(H2,24,25)(H,26,29)(H,31,32)/b27-16+/t13-,15-/m0/s1. The van der Waals surface area contributed by atoms with Crippen molar-refractivity contribution in [1.82, 2.24) is 14.6 Å². The molecule has 0 unspecified atom stereocenters. The molecule has 1 aliphatic heterocycles. The number of nitrogen functional groups attached to an aromatic ring is 1. The second kappa shape index (κ2) is 12.1. The zero-order valence-corrected chi connectivity index (χ0v) is 24.2. The van der Waals surface area contributed by atoms with Gasteiger partial charge in [0, 0.05) is 5.38 Å². The van der Waals surface area contributed by atoms with Gasteiger partial charge in [-0.2, -0.15) is 8.42 Å². The van der Waals surface area contributed by atoms with Crippen LogP contribution in [0.3, 0.4) is 0 Å². The second-order valence-electron chi connectivity index (χ2n) is 10.0. The van der Waals surface area contributed by atoms with Crippen molar-refractivity contribution in [2.24, 2.45) is 10.6 Å². The Bertz CT molecular complexity index is 1290. The first-order valence-electron chi connectivity index (χ1n) is 12.6. The molecule has 3 rings (SSSR count). The van der Waals surface area contributed by atoms with Gasteiger partial charge in [0.2, 0.25) is 5.60 Å². The quantitative estimate of drug-likeness (QED) is 0.131. The molecule has 2 fully saturated rings. The van der Waals surface area contributed by atoms with Crippen LogP contribution in [0.1, 0.15) is 65.5 Å². The molecule has 15 nitrogen and oxygen atoms in total. The summed E-state index contributed by atoms with van der Waals surface area (Å²) in [5.41, 5.74) is 2.21. The highest BCUT2D eigenvalue weighted by Gasteiger charge is 2.54. The lowest BCUT2D eigenvalue weighted by Gasteiger charge is -2.43. The average Bonchev–Trinajstić information content (AvgIpc) is 3.32. The van der Waals surface area contributed by atoms with Crippen molar-refractivity contribution in [3.8, 4) is 0 Å². The van der Waals surface area contributed by atoms with Crippen LogP contribution in [0.25, 0.3) is 0 Å². The summed E-state index contributed by atoms with van der Waals surface area (Å²) in [5.74, 6) is -3.84. The van der Waals surface area contributed by atoms with Crippen LogP contribution in [0.5, 0.6) is 0 Å². The number of carbonyl (C=O) groups is 4. The molecule has 0 aromatic carbocycles. The number of thiazole rings is 1. The van der Waals surface area contributed by atoms with Gasteiger partial charge in [0.05, 0.1) is 24.7 Å². The predicted octanol–water partition coefficient (Wildman–Crippen LogP) is 0.800. The van der Waals surface area contributed by atoms with Crippen LogP contribution in [-0.2, 0) is 43.2 Å². The number of nitrogens with two attached hydrogens (primary N) is 1. The van der Waals surface area contributed by atoms with Crippen molar-refractivity contribution >= 4 is 56.2 Å². The number of oxime groups is 1. The number of carbonyl (C=O) groups excluding carboxylic acids is 3. The van der Waals surface area contributed by atoms with E-state index >= 15 is 0 Å². The molecule has 1 saturated heterocycles. The lowest BCUT2D eigenvalue weighted by molar-refractivity contribution is -0.161. The zero-order valence-electron chi connectivity index (χ0n) is 22.5. The summed E-state index contributed by atoms with van der Waals surface area (Å²) >= 11 is 0.985. The van der Waals surface area contributed by atoms with E-state index in [4.69, 9.17) is 19.5 Å². The van der Waals surface area contributed by atoms with Crippen molar-refractivity contribution < 1.29 is 46.5 Å². The van der Waals surface area contributed by atoms with Crippen molar-refractivity contribution in [2.45, 2.75) is 77.5 Å². The molecule has 4 N–H and O–H groups in total. The molecule has 2 amide bonds. The Morgan fingerprint density at radius 3 is 2.48 bits per heavy atom. The molecular weight excluding hydrogens is 570 g/mol. The van der Waals surface area contributed by atoms with E-state index in [0.717, 1.165) is 17.8 Å². The van der Waals surface area contributed by atoms with Crippen LogP contribution in [0.4, 0.5) is 5.13 Å². The van der Waals surface area contributed by atoms with Gasteiger partial charge in [0.15, 0.2) is 10.8 Å². The lowest BCUT2D eigenvalue weighted by Crippen LogP contribution is -2.71. The minimum absolute atomic E-state index is 0.0369. The number of hydrogen-bond acceptors (Lipinski definition) is 13. The highest BCUT2D eigenvalue weighted by molar-refractivity contribution is 7.85. The largest absolute Gasteiger partial charge is 0.478 e. The first-order valence-corrected chi connectivity index (χ1v) is 14.8. The molecule has 2 aliphatic rings. The highest BCUT2D eigenvalue weighted by atomic mass is 32.2. The molecule has 2 heterocycles. The van der Waals surface area contributed by atoms with Crippen LogP contribution in [0.15, 0.2) is 10.5 Å². The molecule has 0 radical (unpaired) electrons. The maximum atomic E-state index is 13.1. The molecule has 222 valence electrons. The van der Waals surface area contributed by atoms with Crippen LogP contribution in [0, 0.1) is 5.41 Å². The minimum Gasteiger partial charge on any atom is -0.478 e. The number of aromatic nitrogens is 1. The number of esters is 1. The molecule has 1 saturated carbocycles. The van der Waals surface area contributed by atoms with Crippen LogP contribution in [-0.4, -0.2) is 83.2 Å². The maximum Gasteiger partial charge on any atom is 0.365 e. The van der Waals surface area contributed by atoms with E-state index in [9.17, 15) is 32.7 Å². The fourth-order valence-corrected chi connectivity index (χ4v) is 6.17. The van der Waals surface area contributed by atoms with Crippen molar-refractivity contribution in [2.75, 3.05) is 18.9 Å². The van der Waals surface area contributed by atoms with Crippen LogP contribution in [0.2, 0.25) is 0 Å². The fourth-order valence-electron chi connectivity index (χ4n) is 4.27. The Hall–Kier alpha value is -3.31. The SMILES string of the molecule is CCOC(=O)C1(COS(=O)(=O)N2C(=O)[C@@H](NC(=O)/C(=N/OC(C)(C)C(=O)O)c3csc(N)n3)[C@@H]2C)CCCCC1. The van der Waals surface area contributed by atoms with Gasteiger partial charge >= 0.3 is 22.2 Å². The van der Waals surface area contributed by atoms with Crippen LogP contribution >= 0.6 is 11.3 Å². The van der Waals surface area contributed by atoms with E-state index in [-0.39, 0.29) is 17.4 Å². The number of amides is 2. The Balaban J connectivity index is 1.73. The summed E-state index contributed by atoms with van der Waals surface area (Å²) in [6.07, 6.45) is 3.10. The molecule has 0 spiro atoms. The Morgan fingerprint density at radius 2 is 1.95 bits per heavy atom. The highest BCUT2D eigenvalue weighted by Crippen LogP contribution is 2.39. The molecular formula is C23H33N5O10S2. The van der Waals surface area contributed by atoms with Gasteiger partial charge < -0.3 is 25.7 Å². The summed E-state index contributed by atoms with van der Waals surface area (Å²) < 4.78 is 36.8. The predicted molar refractivity (Wildman–Crippen MR) is 141 cm³/mol. The number of anilines is 1. The van der Waals surface area contributed by atoms with E-state index in [0.29, 0.717) is 30.0 Å². The van der Waals surface area contributed by atoms with E-state index in [1.165, 1.54) is 26.2 Å². The smallest absolute Gasteiger partial charge is 0.365 e. The third-order valence-corrected chi connectivity index (χ3v) is 8.81. The number of ether oxygens (including phenoxy) is 1. The normalized spacial score (nSPS) is 21.4. The molecule has 0 bridgehead atoms. The van der Waals surface area contributed by atoms with E-state index in [2.05, 4.69) is 15.5 Å². The monoisotopic (exact) mass is 603 g/mol. The summed E-state index contributed by atoms with van der Waals surface area (Å²) in [4.78, 5) is 58.9. The Morgan fingerprint density at radius 1 is 1.30 bits per heavy atom. The summed E-state index contributed by atoms with van der Waals surface area (Å²) in [7, 11) is -4.61. The van der Waals surface area contributed by atoms with E-state index < -0.39 is 69.5 Å². The first-order chi connectivity index (χ1) is 18.6. The third-order valence-electron chi connectivity index (χ3n) is 6.73. The molecule has 1 aliphatic carbocycles. The third kappa shape index (κ3) is 6.52. The van der Waals surface area contributed by atoms with E-state index in [1.807, 2.05) is 0 Å². The van der Waals surface area contributed by atoms with Gasteiger partial charge in [0.25, 0.3) is 11.8 Å². The molecule has 2 atom stereocenters. The second-order valence-corrected chi connectivity index (χ2v) is 12.4. The minimum atomic E-state index is -4.61. The molecule has 1 aromatic rings. The van der Waals surface area contributed by atoms with Crippen molar-refractivity contribution in [1.29, 1.82) is 0 Å². The number of carboxylic acids is 1. The number of nitrogens with zero attached hydrogens (tertiary/aromatic N) is 3. The van der Waals surface area contributed by atoms with Gasteiger partial charge in [-0.1, -0.05) is 24.4 Å². The first kappa shape index (κ1) is 31.2. The number of nitrogens with one attached hydrogen (secondary N) is 1. The van der Waals surface area contributed by atoms with Crippen molar-refractivity contribution in [3.05, 3.63) is 11.1 Å². The topological polar surface area (TPSA) is 217 Å². The Labute approximate surface area is 235 Å². The number of rotatable bonds is 12. The van der Waals surface area contributed by atoms with E-state index in [1.54, 1.807) is 6.92 Å². The summed E-state index contributed by atoms with van der Waals surface area (Å²) in [6, 6.07) is -2.34. The van der Waals surface area contributed by atoms with Gasteiger partial charge in [-0.05, 0) is 40.5 Å². The average molecular weight is 604 g/mol. The fraction of sp³-hybridized carbons (Fsp3) is 0.652. The van der Waals surface area contributed by atoms with Gasteiger partial charge in [0.1, 0.15) is 11.7 Å². The molecule has 1 aromatic heterocycles. The maximum absolute atomic E-state index is 13.1. The van der Waals surface area contributed by atoms with Gasteiger partial charge in [-0.3, -0.25) is 18.6 Å². The summed E-state index contributed by atoms with van der Waals surface area (Å²) in [6.45, 7) is 5.12. The number of β-lactam (4-membered cyclic amide) rings is 1. The van der Waals surface area contributed by atoms with Gasteiger partial charge in [-0.15, -0.1) is 11.3 Å². The van der Waals surface area contributed by atoms with Crippen LogP contribution < -0.4 is 11.1 Å². The van der Waals surface area contributed by atoms with Crippen molar-refractivity contribution in [3.63, 3.8) is 0 Å². The number of hydrogen-bond donors (Lipinski definition) is 3. The summed E-state index contributed by atoms with van der Waals surface area (Å²) in [5, 5.41) is 16.8. The lowest BCUT2D eigenvalue weighted by atomic mass is 9.75. The number of carboxylic acid groups (broad SMARTS) is 1.